The lowest BCUT2D eigenvalue weighted by Gasteiger charge is -2.27. The molecule has 1 aromatic heterocycles. The first-order valence-corrected chi connectivity index (χ1v) is 12.1. The lowest BCUT2D eigenvalue weighted by Crippen LogP contribution is -2.36. The van der Waals surface area contributed by atoms with Gasteiger partial charge in [-0.05, 0) is 73.9 Å². The Kier molecular flexibility index (Phi) is 7.88. The van der Waals surface area contributed by atoms with Crippen molar-refractivity contribution >= 4 is 21.7 Å². The van der Waals surface area contributed by atoms with Gasteiger partial charge in [-0.3, -0.25) is 9.29 Å². The molecule has 0 spiro atoms. The van der Waals surface area contributed by atoms with Crippen LogP contribution in [0, 0.1) is 13.8 Å². The zero-order valence-electron chi connectivity index (χ0n) is 19.5. The van der Waals surface area contributed by atoms with Crippen LogP contribution in [0.4, 0.5) is 10.1 Å². The van der Waals surface area contributed by atoms with Gasteiger partial charge in [-0.15, -0.1) is 0 Å². The topological polar surface area (TPSA) is 85.8 Å². The Morgan fingerprint density at radius 1 is 1.12 bits per heavy atom. The first-order valence-electron chi connectivity index (χ1n) is 10.6. The predicted octanol–water partition coefficient (Wildman–Crippen LogP) is 4.62. The van der Waals surface area contributed by atoms with Crippen molar-refractivity contribution in [2.24, 2.45) is 0 Å². The summed E-state index contributed by atoms with van der Waals surface area (Å²) in [6.07, 6.45) is 1.28. The smallest absolute Gasteiger partial charge is 0.337 e. The van der Waals surface area contributed by atoms with E-state index in [1.54, 1.807) is 36.4 Å². The maximum Gasteiger partial charge on any atom is 0.337 e. The minimum absolute atomic E-state index is 0.0433. The van der Waals surface area contributed by atoms with Gasteiger partial charge in [0, 0.05) is 12.4 Å². The second-order valence-corrected chi connectivity index (χ2v) is 9.75. The number of methoxy groups -OCH3 is 1. The molecule has 0 aliphatic heterocycles. The summed E-state index contributed by atoms with van der Waals surface area (Å²) < 4.78 is 52.8. The zero-order chi connectivity index (χ0) is 24.9. The first-order chi connectivity index (χ1) is 16.1. The molecule has 0 N–H and O–H groups in total. The van der Waals surface area contributed by atoms with Crippen molar-refractivity contribution in [2.45, 2.75) is 38.4 Å². The van der Waals surface area contributed by atoms with Crippen molar-refractivity contribution in [2.75, 3.05) is 18.0 Å². The van der Waals surface area contributed by atoms with Crippen LogP contribution in [0.25, 0.3) is 0 Å². The quantitative estimate of drug-likeness (QED) is 0.411. The van der Waals surface area contributed by atoms with E-state index in [-0.39, 0.29) is 23.7 Å². The normalized spacial score (nSPS) is 12.1. The number of esters is 1. The van der Waals surface area contributed by atoms with Crippen LogP contribution in [0.2, 0.25) is 0 Å². The summed E-state index contributed by atoms with van der Waals surface area (Å²) in [5.74, 6) is -0.145. The molecule has 3 aromatic rings. The highest BCUT2D eigenvalue weighted by molar-refractivity contribution is 7.92. The van der Waals surface area contributed by atoms with E-state index in [2.05, 4.69) is 4.98 Å². The molecule has 2 aromatic carbocycles. The largest absolute Gasteiger partial charge is 0.487 e. The number of rotatable bonds is 9. The van der Waals surface area contributed by atoms with Crippen LogP contribution in [0.15, 0.2) is 65.8 Å². The minimum atomic E-state index is -4.10. The second-order valence-electron chi connectivity index (χ2n) is 7.89. The fraction of sp³-hybridized carbons (Fsp3) is 0.280. The fourth-order valence-corrected chi connectivity index (χ4v) is 4.78. The number of carbonyl (C=O) groups excluding carboxylic acids is 1. The van der Waals surface area contributed by atoms with Crippen LogP contribution in [0.5, 0.6) is 5.75 Å². The minimum Gasteiger partial charge on any atom is -0.487 e. The van der Waals surface area contributed by atoms with E-state index >= 15 is 0 Å². The Balaban J connectivity index is 1.99. The molecule has 7 nitrogen and oxygen atoms in total. The maximum atomic E-state index is 14.2. The van der Waals surface area contributed by atoms with E-state index in [0.717, 1.165) is 21.0 Å². The second kappa shape index (κ2) is 10.6. The summed E-state index contributed by atoms with van der Waals surface area (Å²) in [7, 11) is -2.79. The van der Waals surface area contributed by atoms with Crippen LogP contribution < -0.4 is 9.04 Å². The lowest BCUT2D eigenvalue weighted by molar-refractivity contribution is 0.0600. The van der Waals surface area contributed by atoms with Gasteiger partial charge in [0.1, 0.15) is 23.4 Å². The highest BCUT2D eigenvalue weighted by Gasteiger charge is 2.29. The molecule has 0 bridgehead atoms. The number of alkyl halides is 1. The average Bonchev–Trinajstić information content (AvgIpc) is 2.83. The van der Waals surface area contributed by atoms with E-state index in [1.807, 2.05) is 13.8 Å². The molecule has 1 atom stereocenters. The molecular formula is C25H27FN2O5S. The Morgan fingerprint density at radius 2 is 1.79 bits per heavy atom. The standard InChI is InChI=1S/C25H27FN2O5S/c1-17-12-23(28(15-19(3)26)34(30,31)22-6-5-11-27-14-22)24(13-18(17)2)33-16-20-7-9-21(10-8-20)25(29)32-4/h5-14,19H,15-16H2,1-4H3/t19-/m1/s1. The SMILES string of the molecule is COC(=O)c1ccc(COc2cc(C)c(C)cc2N(C[C@@H](C)F)S(=O)(=O)c2cccnc2)cc1. The van der Waals surface area contributed by atoms with Crippen LogP contribution in [0.3, 0.4) is 0 Å². The van der Waals surface area contributed by atoms with Gasteiger partial charge in [0.25, 0.3) is 10.0 Å². The van der Waals surface area contributed by atoms with Crippen molar-refractivity contribution in [3.05, 3.63) is 83.2 Å². The fourth-order valence-electron chi connectivity index (χ4n) is 3.28. The maximum absolute atomic E-state index is 14.2. The average molecular weight is 487 g/mol. The molecule has 0 saturated carbocycles. The number of pyridine rings is 1. The third-order valence-electron chi connectivity index (χ3n) is 5.25. The summed E-state index contributed by atoms with van der Waals surface area (Å²) in [4.78, 5) is 15.5. The van der Waals surface area contributed by atoms with E-state index in [1.165, 1.54) is 38.6 Å². The van der Waals surface area contributed by atoms with Gasteiger partial charge in [0.05, 0.1) is 24.9 Å². The third kappa shape index (κ3) is 5.72. The first kappa shape index (κ1) is 25.2. The van der Waals surface area contributed by atoms with Crippen LogP contribution in [0.1, 0.15) is 34.0 Å². The van der Waals surface area contributed by atoms with Crippen LogP contribution >= 0.6 is 0 Å². The Hall–Kier alpha value is -3.46. The molecule has 0 amide bonds. The van der Waals surface area contributed by atoms with Crippen molar-refractivity contribution < 1.29 is 27.1 Å². The van der Waals surface area contributed by atoms with Gasteiger partial charge < -0.3 is 9.47 Å². The number of sulfonamides is 1. The van der Waals surface area contributed by atoms with E-state index in [4.69, 9.17) is 9.47 Å². The van der Waals surface area contributed by atoms with Crippen molar-refractivity contribution in [3.8, 4) is 5.75 Å². The molecule has 0 radical (unpaired) electrons. The molecule has 3 rings (SSSR count). The Bertz CT molecular complexity index is 1250. The molecular weight excluding hydrogens is 459 g/mol. The van der Waals surface area contributed by atoms with Gasteiger partial charge in [0.15, 0.2) is 0 Å². The number of halogens is 1. The van der Waals surface area contributed by atoms with Crippen molar-refractivity contribution in [1.29, 1.82) is 0 Å². The van der Waals surface area contributed by atoms with Gasteiger partial charge >= 0.3 is 5.97 Å². The number of aryl methyl sites for hydroxylation is 2. The number of nitrogens with zero attached hydrogens (tertiary/aromatic N) is 2. The predicted molar refractivity (Wildman–Crippen MR) is 127 cm³/mol. The highest BCUT2D eigenvalue weighted by Crippen LogP contribution is 2.36. The van der Waals surface area contributed by atoms with Crippen LogP contribution in [-0.2, 0) is 21.4 Å². The number of hydrogen-bond donors (Lipinski definition) is 0. The Labute approximate surface area is 199 Å². The molecule has 0 fully saturated rings. The highest BCUT2D eigenvalue weighted by atomic mass is 32.2. The zero-order valence-corrected chi connectivity index (χ0v) is 20.3. The van der Waals surface area contributed by atoms with Gasteiger partial charge in [-0.1, -0.05) is 12.1 Å². The lowest BCUT2D eigenvalue weighted by atomic mass is 10.1. The van der Waals surface area contributed by atoms with E-state index in [9.17, 15) is 17.6 Å². The number of hydrogen-bond acceptors (Lipinski definition) is 6. The number of ether oxygens (including phenoxy) is 2. The number of benzene rings is 2. The summed E-state index contributed by atoms with van der Waals surface area (Å²) >= 11 is 0. The molecule has 0 aliphatic rings. The molecule has 0 aliphatic carbocycles. The summed E-state index contributed by atoms with van der Waals surface area (Å²) in [5.41, 5.74) is 3.14. The molecule has 0 unspecified atom stereocenters. The van der Waals surface area contributed by atoms with E-state index < -0.39 is 22.2 Å². The number of aromatic nitrogens is 1. The Morgan fingerprint density at radius 3 is 2.38 bits per heavy atom. The molecule has 180 valence electrons. The monoisotopic (exact) mass is 486 g/mol. The molecule has 1 heterocycles. The number of anilines is 1. The van der Waals surface area contributed by atoms with Crippen molar-refractivity contribution in [1.82, 2.24) is 4.98 Å². The summed E-state index contributed by atoms with van der Waals surface area (Å²) in [6, 6.07) is 13.0. The van der Waals surface area contributed by atoms with Crippen LogP contribution in [-0.4, -0.2) is 39.2 Å². The van der Waals surface area contributed by atoms with Gasteiger partial charge in [0.2, 0.25) is 0 Å². The number of carbonyl (C=O) groups is 1. The third-order valence-corrected chi connectivity index (χ3v) is 7.02. The van der Waals surface area contributed by atoms with Gasteiger partial charge in [-0.25, -0.2) is 17.6 Å². The summed E-state index contributed by atoms with van der Waals surface area (Å²) in [5, 5.41) is 0. The summed E-state index contributed by atoms with van der Waals surface area (Å²) in [6.45, 7) is 4.76. The molecule has 34 heavy (non-hydrogen) atoms. The molecule has 0 saturated heterocycles. The van der Waals surface area contributed by atoms with E-state index in [0.29, 0.717) is 11.3 Å². The molecule has 9 heteroatoms. The van der Waals surface area contributed by atoms with Crippen molar-refractivity contribution in [3.63, 3.8) is 0 Å². The van der Waals surface area contributed by atoms with Gasteiger partial charge in [-0.2, -0.15) is 0 Å².